The number of rotatable bonds is 19. The van der Waals surface area contributed by atoms with Crippen molar-refractivity contribution < 1.29 is 48.1 Å². The third-order valence-electron chi connectivity index (χ3n) is 7.18. The molecule has 1 amide bonds. The van der Waals surface area contributed by atoms with Crippen molar-refractivity contribution in [2.45, 2.75) is 31.8 Å². The molecule has 0 saturated heterocycles. The number of nitrogens with one attached hydrogen (secondary N) is 3. The van der Waals surface area contributed by atoms with Gasteiger partial charge >= 0.3 is 18.0 Å². The number of para-hydroxylation sites is 1. The number of aliphatic hydroxyl groups is 1. The van der Waals surface area contributed by atoms with Gasteiger partial charge in [-0.3, -0.25) is 10.1 Å². The average molecular weight is 707 g/mol. The number of hydrogen-bond acceptors (Lipinski definition) is 13. The van der Waals surface area contributed by atoms with Gasteiger partial charge in [-0.15, -0.1) is 12.4 Å². The monoisotopic (exact) mass is 706 g/mol. The highest BCUT2D eigenvalue weighted by Crippen LogP contribution is 2.40. The Kier molecular flexibility index (Phi) is 17.6. The summed E-state index contributed by atoms with van der Waals surface area (Å²) in [6.45, 7) is 3.06. The molecule has 1 aliphatic heterocycles. The lowest BCUT2D eigenvalue weighted by molar-refractivity contribution is -0.384. The first kappa shape index (κ1) is 40.5. The van der Waals surface area contributed by atoms with Gasteiger partial charge in [-0.1, -0.05) is 30.3 Å². The van der Waals surface area contributed by atoms with Crippen molar-refractivity contribution in [1.29, 1.82) is 0 Å². The largest absolute Gasteiger partial charge is 0.491 e. The van der Waals surface area contributed by atoms with E-state index >= 15 is 0 Å². The number of amides is 1. The molecule has 0 aromatic heterocycles. The number of nitro groups is 1. The number of unbranched alkanes of at least 4 members (excludes halogenated alkanes) is 1. The Labute approximate surface area is 290 Å². The molecule has 2 atom stereocenters. The van der Waals surface area contributed by atoms with Crippen molar-refractivity contribution in [2.75, 3.05) is 60.3 Å². The molecule has 0 radical (unpaired) electrons. The van der Waals surface area contributed by atoms with Crippen LogP contribution in [0.4, 0.5) is 10.5 Å². The maximum Gasteiger partial charge on any atom is 0.407 e. The molecule has 0 bridgehead atoms. The Balaban J connectivity index is 0.00000833. The minimum atomic E-state index is -1.04. The molecule has 0 aliphatic carbocycles. The van der Waals surface area contributed by atoms with Gasteiger partial charge < -0.3 is 44.7 Å². The number of ether oxygens (including phenoxy) is 5. The van der Waals surface area contributed by atoms with Gasteiger partial charge in [0, 0.05) is 30.9 Å². The second kappa shape index (κ2) is 21.3. The van der Waals surface area contributed by atoms with E-state index in [1.54, 1.807) is 13.0 Å². The summed E-state index contributed by atoms with van der Waals surface area (Å²) in [5.41, 5.74) is 0.875. The lowest BCUT2D eigenvalue weighted by Crippen LogP contribution is -2.35. The number of carbonyl (C=O) groups excluding carboxylic acids is 3. The van der Waals surface area contributed by atoms with Crippen LogP contribution in [-0.4, -0.2) is 94.4 Å². The van der Waals surface area contributed by atoms with E-state index in [2.05, 4.69) is 16.0 Å². The van der Waals surface area contributed by atoms with Crippen molar-refractivity contribution >= 4 is 36.1 Å². The number of halogens is 1. The van der Waals surface area contributed by atoms with Gasteiger partial charge in [-0.25, -0.2) is 14.4 Å². The smallest absolute Gasteiger partial charge is 0.407 e. The highest BCUT2D eigenvalue weighted by atomic mass is 35.5. The van der Waals surface area contributed by atoms with E-state index in [1.807, 2.05) is 30.3 Å². The van der Waals surface area contributed by atoms with Crippen molar-refractivity contribution in [3.8, 4) is 5.75 Å². The molecule has 0 spiro atoms. The summed E-state index contributed by atoms with van der Waals surface area (Å²) in [4.78, 5) is 48.8. The number of non-ortho nitro benzene ring substituents is 1. The highest BCUT2D eigenvalue weighted by molar-refractivity contribution is 6.00. The van der Waals surface area contributed by atoms with Gasteiger partial charge in [0.25, 0.3) is 5.69 Å². The maximum absolute atomic E-state index is 13.0. The lowest BCUT2D eigenvalue weighted by atomic mass is 9.80. The number of hydrogen-bond donors (Lipinski definition) is 4. The Morgan fingerprint density at radius 2 is 1.69 bits per heavy atom. The van der Waals surface area contributed by atoms with Crippen LogP contribution in [0.15, 0.2) is 77.1 Å². The molecule has 2 aromatic rings. The third-order valence-corrected chi connectivity index (χ3v) is 7.18. The summed E-state index contributed by atoms with van der Waals surface area (Å²) in [7, 11) is 2.38. The molecule has 15 nitrogen and oxygen atoms in total. The molecule has 3 rings (SSSR count). The summed E-state index contributed by atoms with van der Waals surface area (Å²) in [6, 6.07) is 14.9. The fourth-order valence-electron chi connectivity index (χ4n) is 4.90. The molecule has 268 valence electrons. The van der Waals surface area contributed by atoms with Crippen LogP contribution in [0.3, 0.4) is 0 Å². The minimum absolute atomic E-state index is 0. The van der Waals surface area contributed by atoms with Crippen LogP contribution in [0, 0.1) is 10.1 Å². The zero-order valence-electron chi connectivity index (χ0n) is 27.6. The van der Waals surface area contributed by atoms with Crippen LogP contribution >= 0.6 is 12.4 Å². The number of alkyl carbamates (subject to hydrolysis) is 1. The van der Waals surface area contributed by atoms with E-state index in [0.717, 1.165) is 6.42 Å². The normalized spacial score (nSPS) is 14.6. The van der Waals surface area contributed by atoms with Gasteiger partial charge in [0.15, 0.2) is 0 Å². The summed E-state index contributed by atoms with van der Waals surface area (Å²) >= 11 is 0. The fraction of sp³-hybridized carbons (Fsp3) is 0.424. The number of esters is 2. The minimum Gasteiger partial charge on any atom is -0.491 e. The van der Waals surface area contributed by atoms with Gasteiger partial charge in [-0.05, 0) is 44.0 Å². The van der Waals surface area contributed by atoms with Gasteiger partial charge in [-0.2, -0.15) is 0 Å². The Bertz CT molecular complexity index is 1470. The molecule has 1 heterocycles. The molecule has 0 saturated carbocycles. The second-order valence-corrected chi connectivity index (χ2v) is 10.6. The second-order valence-electron chi connectivity index (χ2n) is 10.6. The van der Waals surface area contributed by atoms with Crippen LogP contribution in [0.1, 0.15) is 31.2 Å². The molecule has 2 aromatic carbocycles. The molecule has 0 fully saturated rings. The van der Waals surface area contributed by atoms with Crippen LogP contribution in [0.2, 0.25) is 0 Å². The first-order valence-corrected chi connectivity index (χ1v) is 15.3. The van der Waals surface area contributed by atoms with Crippen molar-refractivity contribution in [3.63, 3.8) is 0 Å². The number of allylic oxidation sites excluding steroid dienone is 1. The van der Waals surface area contributed by atoms with Crippen LogP contribution in [0.25, 0.3) is 0 Å². The lowest BCUT2D eigenvalue weighted by Gasteiger charge is -2.31. The van der Waals surface area contributed by atoms with Crippen molar-refractivity contribution in [1.82, 2.24) is 16.0 Å². The summed E-state index contributed by atoms with van der Waals surface area (Å²) in [5, 5.41) is 30.2. The van der Waals surface area contributed by atoms with Crippen molar-refractivity contribution in [2.24, 2.45) is 0 Å². The predicted octanol–water partition coefficient (Wildman–Crippen LogP) is 3.13. The zero-order valence-corrected chi connectivity index (χ0v) is 28.4. The number of dihydropyridines is 1. The highest BCUT2D eigenvalue weighted by Gasteiger charge is 2.39. The zero-order chi connectivity index (χ0) is 34.9. The van der Waals surface area contributed by atoms with E-state index in [9.17, 15) is 29.6 Å². The summed E-state index contributed by atoms with van der Waals surface area (Å²) < 4.78 is 26.4. The third kappa shape index (κ3) is 12.7. The molecular weight excluding hydrogens is 664 g/mol. The maximum atomic E-state index is 13.0. The van der Waals surface area contributed by atoms with Crippen LogP contribution in [0.5, 0.6) is 5.75 Å². The molecule has 16 heteroatoms. The quantitative estimate of drug-likeness (QED) is 0.0547. The Morgan fingerprint density at radius 1 is 0.980 bits per heavy atom. The number of aliphatic hydroxyl groups excluding tert-OH is 1. The van der Waals surface area contributed by atoms with E-state index in [0.29, 0.717) is 36.5 Å². The van der Waals surface area contributed by atoms with E-state index in [4.69, 9.17) is 23.7 Å². The van der Waals surface area contributed by atoms with Gasteiger partial charge in [0.1, 0.15) is 18.5 Å². The first-order valence-electron chi connectivity index (χ1n) is 15.3. The predicted molar refractivity (Wildman–Crippen MR) is 180 cm³/mol. The molecule has 4 N–H and O–H groups in total. The Morgan fingerprint density at radius 3 is 2.39 bits per heavy atom. The van der Waals surface area contributed by atoms with Crippen LogP contribution < -0.4 is 20.7 Å². The topological polar surface area (TPSA) is 197 Å². The van der Waals surface area contributed by atoms with Gasteiger partial charge in [0.05, 0.1) is 61.7 Å². The molecule has 49 heavy (non-hydrogen) atoms. The van der Waals surface area contributed by atoms with Crippen LogP contribution in [-0.2, 0) is 28.5 Å². The van der Waals surface area contributed by atoms with Gasteiger partial charge in [0.2, 0.25) is 0 Å². The summed E-state index contributed by atoms with van der Waals surface area (Å²) in [6.07, 6.45) is 0.0859. The molecular formula is C33H43ClN4O11. The standard InChI is InChI=1S/C33H42N4O11.ClH/c1-22-28(31(39)44-2)29(23-10-9-11-24(18-23)37(42)43)30(32(40)45-3)27(36-22)21-46-17-15-35-33(41)47-16-8-7-14-34-19-25(38)20-48-26-12-5-4-6-13-26;/h4-6,9-13,18,25,29,34,36,38H,7-8,14-17,19-21H2,1-3H3,(H,35,41);1H. The molecule has 2 unspecified atom stereocenters. The first-order chi connectivity index (χ1) is 23.2. The number of benzene rings is 2. The van der Waals surface area contributed by atoms with Crippen molar-refractivity contribution in [3.05, 3.63) is 92.8 Å². The molecule has 1 aliphatic rings. The Hall–Kier alpha value is -4.70. The van der Waals surface area contributed by atoms with E-state index in [-0.39, 0.29) is 67.9 Å². The fourth-order valence-corrected chi connectivity index (χ4v) is 4.90. The number of carbonyl (C=O) groups is 3. The average Bonchev–Trinajstić information content (AvgIpc) is 3.09. The number of methoxy groups -OCH3 is 2. The SMILES string of the molecule is COC(=O)C1=C(C)NC(COCCNC(=O)OCCCCNCC(O)COc2ccccc2)=C(C(=O)OC)C1c1cccc([N+](=O)[O-])c1.Cl. The van der Waals surface area contributed by atoms with E-state index < -0.39 is 35.0 Å². The van der Waals surface area contributed by atoms with E-state index in [1.165, 1.54) is 32.4 Å². The summed E-state index contributed by atoms with van der Waals surface area (Å²) in [5.74, 6) is -1.83. The number of nitrogens with zero attached hydrogens (tertiary/aromatic N) is 1. The number of nitro benzene ring substituents is 1.